The highest BCUT2D eigenvalue weighted by molar-refractivity contribution is 5.86. The topological polar surface area (TPSA) is 90.4 Å². The summed E-state index contributed by atoms with van der Waals surface area (Å²) in [5, 5.41) is 18.2. The van der Waals surface area contributed by atoms with Crippen molar-refractivity contribution in [3.8, 4) is 17.2 Å². The van der Waals surface area contributed by atoms with Gasteiger partial charge in [0.25, 0.3) is 0 Å². The molecule has 2 heterocycles. The molecule has 0 bridgehead atoms. The lowest BCUT2D eigenvalue weighted by molar-refractivity contribution is 0.300. The molecule has 4 rings (SSSR count). The molecular weight excluding hydrogens is 341 g/mol. The van der Waals surface area contributed by atoms with Gasteiger partial charge in [-0.05, 0) is 42.5 Å². The second-order valence-electron chi connectivity index (χ2n) is 5.53. The van der Waals surface area contributed by atoms with Crippen molar-refractivity contribution < 1.29 is 18.7 Å². The molecule has 0 aliphatic carbocycles. The standard InChI is InChI=1S/C18H12FN3O4/c19-11-1-4-14(5-2-11)25-10-12-9-22(21-20-12)16-8-18(24)26-17-6-3-13(23)7-15(16)17/h1-9,23H,10H2. The average Bonchev–Trinajstić information content (AvgIpc) is 3.10. The number of aromatic hydroxyl groups is 1. The highest BCUT2D eigenvalue weighted by Gasteiger charge is 2.11. The molecule has 2 aromatic carbocycles. The monoisotopic (exact) mass is 353 g/mol. The van der Waals surface area contributed by atoms with Crippen molar-refractivity contribution in [3.63, 3.8) is 0 Å². The SMILES string of the molecule is O=c1cc(-n2cc(COc3ccc(F)cc3)nn2)c2cc(O)ccc2o1. The predicted octanol–water partition coefficient (Wildman–Crippen LogP) is 2.80. The van der Waals surface area contributed by atoms with Gasteiger partial charge in [0.2, 0.25) is 0 Å². The number of benzene rings is 2. The Kier molecular flexibility index (Phi) is 3.85. The van der Waals surface area contributed by atoms with Crippen molar-refractivity contribution in [2.45, 2.75) is 6.61 Å². The third kappa shape index (κ3) is 3.12. The van der Waals surface area contributed by atoms with E-state index >= 15 is 0 Å². The molecule has 8 heteroatoms. The molecular formula is C18H12FN3O4. The summed E-state index contributed by atoms with van der Waals surface area (Å²) < 4.78 is 24.9. The average molecular weight is 353 g/mol. The summed E-state index contributed by atoms with van der Waals surface area (Å²) in [6.07, 6.45) is 1.60. The van der Waals surface area contributed by atoms with Crippen LogP contribution in [0.5, 0.6) is 11.5 Å². The fourth-order valence-corrected chi connectivity index (χ4v) is 2.49. The minimum atomic E-state index is -0.544. The van der Waals surface area contributed by atoms with Crippen LogP contribution in [-0.2, 0) is 6.61 Å². The van der Waals surface area contributed by atoms with E-state index in [0.29, 0.717) is 28.1 Å². The Labute approximate surface area is 145 Å². The second-order valence-corrected chi connectivity index (χ2v) is 5.53. The summed E-state index contributed by atoms with van der Waals surface area (Å²) in [7, 11) is 0. The van der Waals surface area contributed by atoms with E-state index in [1.807, 2.05) is 0 Å². The molecule has 0 amide bonds. The first kappa shape index (κ1) is 15.8. The van der Waals surface area contributed by atoms with E-state index in [2.05, 4.69) is 10.3 Å². The quantitative estimate of drug-likeness (QED) is 0.568. The van der Waals surface area contributed by atoms with Crippen LogP contribution < -0.4 is 10.4 Å². The fraction of sp³-hybridized carbons (Fsp3) is 0.0556. The van der Waals surface area contributed by atoms with Crippen LogP contribution >= 0.6 is 0 Å². The molecule has 4 aromatic rings. The van der Waals surface area contributed by atoms with Crippen LogP contribution in [0.3, 0.4) is 0 Å². The molecule has 0 saturated carbocycles. The molecule has 0 fully saturated rings. The third-order valence-electron chi connectivity index (χ3n) is 3.69. The number of aromatic nitrogens is 3. The zero-order chi connectivity index (χ0) is 18.1. The van der Waals surface area contributed by atoms with E-state index in [1.165, 1.54) is 53.2 Å². The second kappa shape index (κ2) is 6.32. The smallest absolute Gasteiger partial charge is 0.338 e. The highest BCUT2D eigenvalue weighted by Crippen LogP contribution is 2.24. The van der Waals surface area contributed by atoms with E-state index in [9.17, 15) is 14.3 Å². The number of phenols is 1. The molecule has 7 nitrogen and oxygen atoms in total. The Balaban J connectivity index is 1.63. The van der Waals surface area contributed by atoms with Gasteiger partial charge in [0.1, 0.15) is 35.2 Å². The molecule has 0 aliphatic rings. The van der Waals surface area contributed by atoms with Crippen LogP contribution in [0.25, 0.3) is 16.7 Å². The number of halogens is 1. The first-order valence-corrected chi connectivity index (χ1v) is 7.65. The molecule has 0 radical (unpaired) electrons. The Morgan fingerprint density at radius 1 is 1.15 bits per heavy atom. The van der Waals surface area contributed by atoms with Crippen molar-refractivity contribution >= 4 is 11.0 Å². The van der Waals surface area contributed by atoms with E-state index in [4.69, 9.17) is 9.15 Å². The Morgan fingerprint density at radius 3 is 2.77 bits per heavy atom. The van der Waals surface area contributed by atoms with Crippen molar-refractivity contribution in [3.05, 3.63) is 76.7 Å². The highest BCUT2D eigenvalue weighted by atomic mass is 19.1. The summed E-state index contributed by atoms with van der Waals surface area (Å²) in [5.74, 6) is 0.186. The Bertz CT molecular complexity index is 1140. The van der Waals surface area contributed by atoms with Gasteiger partial charge in [0.05, 0.1) is 18.0 Å². The Hall–Kier alpha value is -3.68. The van der Waals surface area contributed by atoms with E-state index in [0.717, 1.165) is 0 Å². The van der Waals surface area contributed by atoms with E-state index < -0.39 is 5.63 Å². The molecule has 0 atom stereocenters. The first-order chi connectivity index (χ1) is 12.6. The Morgan fingerprint density at radius 2 is 1.96 bits per heavy atom. The van der Waals surface area contributed by atoms with Crippen LogP contribution in [0.2, 0.25) is 0 Å². The zero-order valence-corrected chi connectivity index (χ0v) is 13.3. The van der Waals surface area contributed by atoms with Crippen molar-refractivity contribution in [2.75, 3.05) is 0 Å². The summed E-state index contributed by atoms with van der Waals surface area (Å²) in [5.41, 5.74) is 0.714. The predicted molar refractivity (Wildman–Crippen MR) is 89.8 cm³/mol. The van der Waals surface area contributed by atoms with Gasteiger partial charge >= 0.3 is 5.63 Å². The minimum absolute atomic E-state index is 0.0348. The molecule has 130 valence electrons. The molecule has 0 unspecified atom stereocenters. The van der Waals surface area contributed by atoms with Gasteiger partial charge in [0, 0.05) is 5.39 Å². The largest absolute Gasteiger partial charge is 0.508 e. The van der Waals surface area contributed by atoms with Gasteiger partial charge in [-0.3, -0.25) is 0 Å². The number of phenolic OH excluding ortho intramolecular Hbond substituents is 1. The fourth-order valence-electron chi connectivity index (χ4n) is 2.49. The zero-order valence-electron chi connectivity index (χ0n) is 13.3. The number of hydrogen-bond acceptors (Lipinski definition) is 6. The van der Waals surface area contributed by atoms with Crippen molar-refractivity contribution in [1.29, 1.82) is 0 Å². The normalized spacial score (nSPS) is 11.0. The molecule has 1 N–H and O–H groups in total. The molecule has 0 aliphatic heterocycles. The number of ether oxygens (including phenoxy) is 1. The van der Waals surface area contributed by atoms with Gasteiger partial charge in [-0.25, -0.2) is 13.9 Å². The minimum Gasteiger partial charge on any atom is -0.508 e. The maximum absolute atomic E-state index is 12.9. The summed E-state index contributed by atoms with van der Waals surface area (Å²) in [6.45, 7) is 0.121. The molecule has 0 saturated heterocycles. The molecule has 2 aromatic heterocycles. The van der Waals surface area contributed by atoms with Gasteiger partial charge in [-0.2, -0.15) is 0 Å². The van der Waals surface area contributed by atoms with Crippen LogP contribution in [0.15, 0.2) is 63.9 Å². The third-order valence-corrected chi connectivity index (χ3v) is 3.69. The van der Waals surface area contributed by atoms with Gasteiger partial charge in [0.15, 0.2) is 0 Å². The summed E-state index contributed by atoms with van der Waals surface area (Å²) in [6, 6.07) is 11.3. The van der Waals surface area contributed by atoms with Crippen LogP contribution in [0.4, 0.5) is 4.39 Å². The lowest BCUT2D eigenvalue weighted by atomic mass is 10.2. The molecule has 0 spiro atoms. The van der Waals surface area contributed by atoms with Crippen molar-refractivity contribution in [1.82, 2.24) is 15.0 Å². The van der Waals surface area contributed by atoms with Crippen molar-refractivity contribution in [2.24, 2.45) is 0 Å². The number of nitrogens with zero attached hydrogens (tertiary/aromatic N) is 3. The van der Waals surface area contributed by atoms with Gasteiger partial charge in [-0.1, -0.05) is 5.21 Å². The maximum atomic E-state index is 12.9. The number of hydrogen-bond donors (Lipinski definition) is 1. The summed E-state index contributed by atoms with van der Waals surface area (Å²) >= 11 is 0. The molecule has 26 heavy (non-hydrogen) atoms. The lowest BCUT2D eigenvalue weighted by Gasteiger charge is -2.05. The van der Waals surface area contributed by atoms with Gasteiger partial charge in [-0.15, -0.1) is 5.10 Å². The first-order valence-electron chi connectivity index (χ1n) is 7.65. The van der Waals surface area contributed by atoms with E-state index in [1.54, 1.807) is 6.20 Å². The number of fused-ring (bicyclic) bond motifs is 1. The lowest BCUT2D eigenvalue weighted by Crippen LogP contribution is -2.04. The van der Waals surface area contributed by atoms with Crippen LogP contribution in [0.1, 0.15) is 5.69 Å². The van der Waals surface area contributed by atoms with E-state index in [-0.39, 0.29) is 18.2 Å². The van der Waals surface area contributed by atoms with Crippen LogP contribution in [0, 0.1) is 5.82 Å². The number of rotatable bonds is 4. The van der Waals surface area contributed by atoms with Gasteiger partial charge < -0.3 is 14.3 Å². The maximum Gasteiger partial charge on any atom is 0.338 e. The summed E-state index contributed by atoms with van der Waals surface area (Å²) in [4.78, 5) is 11.8. The van der Waals surface area contributed by atoms with Crippen LogP contribution in [-0.4, -0.2) is 20.1 Å².